The molecule has 1 aliphatic heterocycles. The molecular formula is C26H30Cl2N6. The molecule has 0 spiro atoms. The lowest BCUT2D eigenvalue weighted by Crippen LogP contribution is -2.44. The zero-order valence-electron chi connectivity index (χ0n) is 19.9. The number of aromatic nitrogens is 4. The Balaban J connectivity index is 1.69. The second-order valence-corrected chi connectivity index (χ2v) is 10.3. The van der Waals surface area contributed by atoms with Gasteiger partial charge in [-0.25, -0.2) is 4.98 Å². The monoisotopic (exact) mass is 496 g/mol. The van der Waals surface area contributed by atoms with Gasteiger partial charge in [-0.2, -0.15) is 5.10 Å². The lowest BCUT2D eigenvalue weighted by Gasteiger charge is -2.29. The van der Waals surface area contributed by atoms with Crippen molar-refractivity contribution in [2.45, 2.75) is 33.9 Å². The fraction of sp³-hybridized carbons (Fsp3) is 0.385. The summed E-state index contributed by atoms with van der Waals surface area (Å²) in [4.78, 5) is 7.57. The Bertz CT molecular complexity index is 1320. The Morgan fingerprint density at radius 2 is 1.85 bits per heavy atom. The van der Waals surface area contributed by atoms with Crippen molar-refractivity contribution in [1.82, 2.24) is 24.6 Å². The molecule has 2 aromatic heterocycles. The fourth-order valence-electron chi connectivity index (χ4n) is 4.60. The van der Waals surface area contributed by atoms with Gasteiger partial charge in [-0.3, -0.25) is 4.68 Å². The molecular weight excluding hydrogens is 467 g/mol. The van der Waals surface area contributed by atoms with Crippen LogP contribution in [0.15, 0.2) is 42.6 Å². The SMILES string of the molecule is Cc1ccc(Cn2c(N3CCNCC3)nc3c(-c4ccnn4CC(C)C)cc(Cl)cc32)cc1Cl. The first-order valence-corrected chi connectivity index (χ1v) is 12.6. The maximum absolute atomic E-state index is 6.70. The highest BCUT2D eigenvalue weighted by Crippen LogP contribution is 2.35. The summed E-state index contributed by atoms with van der Waals surface area (Å²) in [6, 6.07) is 12.4. The summed E-state index contributed by atoms with van der Waals surface area (Å²) < 4.78 is 4.33. The molecule has 0 aliphatic carbocycles. The van der Waals surface area contributed by atoms with Crippen molar-refractivity contribution in [1.29, 1.82) is 0 Å². The number of hydrogen-bond donors (Lipinski definition) is 1. The first kappa shape index (κ1) is 23.2. The lowest BCUT2D eigenvalue weighted by molar-refractivity contribution is 0.487. The maximum atomic E-state index is 6.70. The normalized spacial score (nSPS) is 14.5. The molecule has 1 fully saturated rings. The minimum Gasteiger partial charge on any atom is -0.340 e. The summed E-state index contributed by atoms with van der Waals surface area (Å²) in [7, 11) is 0. The van der Waals surface area contributed by atoms with Crippen LogP contribution in [0.25, 0.3) is 22.3 Å². The van der Waals surface area contributed by atoms with E-state index in [1.54, 1.807) is 0 Å². The van der Waals surface area contributed by atoms with Gasteiger partial charge < -0.3 is 14.8 Å². The summed E-state index contributed by atoms with van der Waals surface area (Å²) in [5, 5.41) is 9.49. The van der Waals surface area contributed by atoms with E-state index in [9.17, 15) is 0 Å². The summed E-state index contributed by atoms with van der Waals surface area (Å²) >= 11 is 13.2. The molecule has 0 unspecified atom stereocenters. The number of benzene rings is 2. The van der Waals surface area contributed by atoms with E-state index in [-0.39, 0.29) is 0 Å². The number of piperazine rings is 1. The zero-order valence-corrected chi connectivity index (χ0v) is 21.4. The predicted molar refractivity (Wildman–Crippen MR) is 141 cm³/mol. The first-order chi connectivity index (χ1) is 16.4. The summed E-state index contributed by atoms with van der Waals surface area (Å²) in [5.74, 6) is 1.44. The highest BCUT2D eigenvalue weighted by atomic mass is 35.5. The van der Waals surface area contributed by atoms with E-state index in [1.165, 1.54) is 0 Å². The van der Waals surface area contributed by atoms with Crippen molar-refractivity contribution >= 4 is 40.2 Å². The van der Waals surface area contributed by atoms with Crippen LogP contribution in [-0.4, -0.2) is 45.5 Å². The Morgan fingerprint density at radius 1 is 1.06 bits per heavy atom. The number of fused-ring (bicyclic) bond motifs is 1. The van der Waals surface area contributed by atoms with Gasteiger partial charge >= 0.3 is 0 Å². The van der Waals surface area contributed by atoms with Crippen molar-refractivity contribution < 1.29 is 0 Å². The third-order valence-electron chi connectivity index (χ3n) is 6.31. The Kier molecular flexibility index (Phi) is 6.56. The van der Waals surface area contributed by atoms with E-state index < -0.39 is 0 Å². The van der Waals surface area contributed by atoms with E-state index in [2.05, 4.69) is 56.6 Å². The van der Waals surface area contributed by atoms with Crippen LogP contribution in [-0.2, 0) is 13.1 Å². The van der Waals surface area contributed by atoms with Gasteiger partial charge in [-0.05, 0) is 48.2 Å². The second kappa shape index (κ2) is 9.61. The Hall–Kier alpha value is -2.54. The Morgan fingerprint density at radius 3 is 2.59 bits per heavy atom. The molecule has 1 saturated heterocycles. The van der Waals surface area contributed by atoms with E-state index >= 15 is 0 Å². The maximum Gasteiger partial charge on any atom is 0.206 e. The molecule has 3 heterocycles. The van der Waals surface area contributed by atoms with Crippen LogP contribution < -0.4 is 10.2 Å². The molecule has 34 heavy (non-hydrogen) atoms. The van der Waals surface area contributed by atoms with Gasteiger partial charge in [0.25, 0.3) is 0 Å². The van der Waals surface area contributed by atoms with Crippen LogP contribution in [0.4, 0.5) is 5.95 Å². The number of imidazole rings is 1. The van der Waals surface area contributed by atoms with Gasteiger partial charge in [0, 0.05) is 54.5 Å². The van der Waals surface area contributed by atoms with Crippen LogP contribution >= 0.6 is 23.2 Å². The van der Waals surface area contributed by atoms with Crippen LogP contribution in [0.2, 0.25) is 10.0 Å². The minimum absolute atomic E-state index is 0.480. The highest BCUT2D eigenvalue weighted by molar-refractivity contribution is 6.32. The molecule has 4 aromatic rings. The topological polar surface area (TPSA) is 50.9 Å². The van der Waals surface area contributed by atoms with Gasteiger partial charge in [-0.15, -0.1) is 0 Å². The van der Waals surface area contributed by atoms with Crippen molar-refractivity contribution in [3.8, 4) is 11.3 Å². The number of nitrogens with zero attached hydrogens (tertiary/aromatic N) is 5. The van der Waals surface area contributed by atoms with Gasteiger partial charge in [0.05, 0.1) is 17.8 Å². The minimum atomic E-state index is 0.480. The van der Waals surface area contributed by atoms with E-state index in [1.807, 2.05) is 31.3 Å². The zero-order chi connectivity index (χ0) is 23.8. The fourth-order valence-corrected chi connectivity index (χ4v) is 5.02. The quantitative estimate of drug-likeness (QED) is 0.375. The molecule has 6 nitrogen and oxygen atoms in total. The van der Waals surface area contributed by atoms with Crippen molar-refractivity contribution in [3.05, 3.63) is 63.8 Å². The third-order valence-corrected chi connectivity index (χ3v) is 6.93. The number of nitrogens with one attached hydrogen (secondary N) is 1. The largest absolute Gasteiger partial charge is 0.340 e. The number of halogens is 2. The van der Waals surface area contributed by atoms with E-state index in [4.69, 9.17) is 28.2 Å². The molecule has 8 heteroatoms. The molecule has 178 valence electrons. The number of rotatable bonds is 6. The number of hydrogen-bond acceptors (Lipinski definition) is 4. The Labute approximate surface area is 210 Å². The molecule has 2 aromatic carbocycles. The molecule has 0 bridgehead atoms. The average Bonchev–Trinajstić information content (AvgIpc) is 3.41. The van der Waals surface area contributed by atoms with Crippen molar-refractivity contribution in [2.75, 3.05) is 31.1 Å². The average molecular weight is 497 g/mol. The molecule has 5 rings (SSSR count). The molecule has 0 atom stereocenters. The van der Waals surface area contributed by atoms with E-state index in [0.29, 0.717) is 17.5 Å². The molecule has 1 N–H and O–H groups in total. The second-order valence-electron chi connectivity index (χ2n) is 9.43. The summed E-state index contributed by atoms with van der Waals surface area (Å²) in [6.07, 6.45) is 1.85. The van der Waals surface area contributed by atoms with Gasteiger partial charge in [0.1, 0.15) is 5.52 Å². The molecule has 1 aliphatic rings. The number of anilines is 1. The number of aryl methyl sites for hydroxylation is 1. The van der Waals surface area contributed by atoms with Crippen molar-refractivity contribution in [3.63, 3.8) is 0 Å². The van der Waals surface area contributed by atoms with Gasteiger partial charge in [0.15, 0.2) is 0 Å². The van der Waals surface area contributed by atoms with Gasteiger partial charge in [-0.1, -0.05) is 49.2 Å². The summed E-state index contributed by atoms with van der Waals surface area (Å²) in [5.41, 5.74) is 6.23. The molecule has 0 saturated carbocycles. The molecule has 0 amide bonds. The highest BCUT2D eigenvalue weighted by Gasteiger charge is 2.23. The first-order valence-electron chi connectivity index (χ1n) is 11.8. The van der Waals surface area contributed by atoms with Crippen LogP contribution in [0.3, 0.4) is 0 Å². The smallest absolute Gasteiger partial charge is 0.206 e. The van der Waals surface area contributed by atoms with E-state index in [0.717, 1.165) is 77.1 Å². The van der Waals surface area contributed by atoms with Gasteiger partial charge in [0.2, 0.25) is 5.95 Å². The standard InChI is InChI=1S/C26H30Cl2N6/c1-17(2)15-34-23(6-7-30-34)21-13-20(27)14-24-25(21)31-26(32-10-8-29-9-11-32)33(24)16-19-5-4-18(3)22(28)12-19/h4-7,12-14,17,29H,8-11,15-16H2,1-3H3. The summed E-state index contributed by atoms with van der Waals surface area (Å²) in [6.45, 7) is 11.6. The third kappa shape index (κ3) is 4.54. The molecule has 0 radical (unpaired) electrons. The van der Waals surface area contributed by atoms with Crippen molar-refractivity contribution in [2.24, 2.45) is 5.92 Å². The van der Waals surface area contributed by atoms with Crippen LogP contribution in [0.1, 0.15) is 25.0 Å². The van der Waals surface area contributed by atoms with Crippen LogP contribution in [0, 0.1) is 12.8 Å². The van der Waals surface area contributed by atoms with Crippen LogP contribution in [0.5, 0.6) is 0 Å². The lowest BCUT2D eigenvalue weighted by atomic mass is 10.1. The predicted octanol–water partition coefficient (Wildman–Crippen LogP) is 5.63.